The van der Waals surface area contributed by atoms with Gasteiger partial charge in [-0.25, -0.2) is 4.98 Å². The molecule has 0 aliphatic carbocycles. The number of piperidine rings is 1. The van der Waals surface area contributed by atoms with E-state index in [1.807, 2.05) is 43.0 Å². The van der Waals surface area contributed by atoms with E-state index < -0.39 is 5.97 Å². The van der Waals surface area contributed by atoms with E-state index in [-0.39, 0.29) is 31.1 Å². The Kier molecular flexibility index (Phi) is 4.83. The zero-order chi connectivity index (χ0) is 17.1. The van der Waals surface area contributed by atoms with Crippen molar-refractivity contribution in [1.29, 1.82) is 0 Å². The summed E-state index contributed by atoms with van der Waals surface area (Å²) < 4.78 is 6.93. The molecule has 0 unspecified atom stereocenters. The average Bonchev–Trinajstić information content (AvgIpc) is 2.96. The predicted molar refractivity (Wildman–Crippen MR) is 90.3 cm³/mol. The molecule has 0 bridgehead atoms. The zero-order valence-electron chi connectivity index (χ0n) is 14.1. The lowest BCUT2D eigenvalue weighted by atomic mass is 9.97. The first kappa shape index (κ1) is 16.5. The van der Waals surface area contributed by atoms with Crippen LogP contribution in [0.25, 0.3) is 11.0 Å². The molecular weight excluding hydrogens is 306 g/mol. The molecule has 1 amide bonds. The van der Waals surface area contributed by atoms with Gasteiger partial charge >= 0.3 is 5.97 Å². The average molecular weight is 329 g/mol. The second-order valence-electron chi connectivity index (χ2n) is 6.45. The second kappa shape index (κ2) is 7.03. The molecule has 0 spiro atoms. The molecule has 2 heterocycles. The number of para-hydroxylation sites is 2. The van der Waals surface area contributed by atoms with Gasteiger partial charge in [0, 0.05) is 12.1 Å². The molecule has 1 aromatic heterocycles. The summed E-state index contributed by atoms with van der Waals surface area (Å²) in [6.07, 6.45) is 4.76. The van der Waals surface area contributed by atoms with E-state index in [0.29, 0.717) is 0 Å². The normalized spacial score (nSPS) is 21.0. The zero-order valence-corrected chi connectivity index (χ0v) is 14.1. The van der Waals surface area contributed by atoms with Gasteiger partial charge in [0.05, 0.1) is 17.4 Å². The SMILES string of the molecule is C[C@H]1CCC[C@H](C)N1C(=O)COC(=O)Cn1cnc2ccccc21. The van der Waals surface area contributed by atoms with Gasteiger partial charge in [0.1, 0.15) is 6.54 Å². The Balaban J connectivity index is 1.56. The van der Waals surface area contributed by atoms with Crippen molar-refractivity contribution in [2.75, 3.05) is 6.61 Å². The number of carbonyl (C=O) groups excluding carboxylic acids is 2. The number of benzene rings is 1. The number of amides is 1. The maximum Gasteiger partial charge on any atom is 0.326 e. The monoisotopic (exact) mass is 329 g/mol. The number of imidazole rings is 1. The lowest BCUT2D eigenvalue weighted by Gasteiger charge is -2.38. The molecule has 1 aliphatic heterocycles. The fourth-order valence-corrected chi connectivity index (χ4v) is 3.45. The van der Waals surface area contributed by atoms with Crippen LogP contribution in [0.1, 0.15) is 33.1 Å². The van der Waals surface area contributed by atoms with Gasteiger partial charge in [0.25, 0.3) is 5.91 Å². The van der Waals surface area contributed by atoms with Gasteiger partial charge in [0.2, 0.25) is 0 Å². The van der Waals surface area contributed by atoms with Crippen molar-refractivity contribution < 1.29 is 14.3 Å². The van der Waals surface area contributed by atoms with Crippen LogP contribution in [0.4, 0.5) is 0 Å². The largest absolute Gasteiger partial charge is 0.454 e. The van der Waals surface area contributed by atoms with Crippen LogP contribution in [0.3, 0.4) is 0 Å². The highest BCUT2D eigenvalue weighted by atomic mass is 16.5. The van der Waals surface area contributed by atoms with E-state index in [0.717, 1.165) is 30.3 Å². The standard InChI is InChI=1S/C18H23N3O3/c1-13-6-5-7-14(2)21(13)17(22)11-24-18(23)10-20-12-19-15-8-3-4-9-16(15)20/h3-4,8-9,12-14H,5-7,10-11H2,1-2H3/t13-,14-/m0/s1. The molecule has 24 heavy (non-hydrogen) atoms. The third-order valence-electron chi connectivity index (χ3n) is 4.66. The van der Waals surface area contributed by atoms with E-state index >= 15 is 0 Å². The van der Waals surface area contributed by atoms with Gasteiger partial charge < -0.3 is 14.2 Å². The van der Waals surface area contributed by atoms with Crippen LogP contribution in [0.2, 0.25) is 0 Å². The van der Waals surface area contributed by atoms with Crippen molar-refractivity contribution in [2.45, 2.75) is 51.7 Å². The molecule has 1 aliphatic rings. The molecular formula is C18H23N3O3. The number of hydrogen-bond donors (Lipinski definition) is 0. The minimum Gasteiger partial charge on any atom is -0.454 e. The fourth-order valence-electron chi connectivity index (χ4n) is 3.45. The first-order valence-corrected chi connectivity index (χ1v) is 8.43. The highest BCUT2D eigenvalue weighted by molar-refractivity contribution is 5.82. The number of rotatable bonds is 4. The van der Waals surface area contributed by atoms with Gasteiger partial charge in [-0.05, 0) is 45.2 Å². The van der Waals surface area contributed by atoms with Crippen molar-refractivity contribution in [3.63, 3.8) is 0 Å². The number of aromatic nitrogens is 2. The van der Waals surface area contributed by atoms with Gasteiger partial charge in [-0.2, -0.15) is 0 Å². The Hall–Kier alpha value is -2.37. The fraction of sp³-hybridized carbons (Fsp3) is 0.500. The number of likely N-dealkylation sites (tertiary alicyclic amines) is 1. The number of fused-ring (bicyclic) bond motifs is 1. The highest BCUT2D eigenvalue weighted by Gasteiger charge is 2.29. The topological polar surface area (TPSA) is 64.4 Å². The third-order valence-corrected chi connectivity index (χ3v) is 4.66. The second-order valence-corrected chi connectivity index (χ2v) is 6.45. The Labute approximate surface area is 141 Å². The summed E-state index contributed by atoms with van der Waals surface area (Å²) >= 11 is 0. The van der Waals surface area contributed by atoms with Crippen molar-refractivity contribution in [3.8, 4) is 0 Å². The van der Waals surface area contributed by atoms with Gasteiger partial charge in [-0.3, -0.25) is 9.59 Å². The number of ether oxygens (including phenoxy) is 1. The lowest BCUT2D eigenvalue weighted by molar-refractivity contribution is -0.155. The molecule has 6 nitrogen and oxygen atoms in total. The van der Waals surface area contributed by atoms with Crippen LogP contribution in [0, 0.1) is 0 Å². The smallest absolute Gasteiger partial charge is 0.326 e. The molecule has 3 rings (SSSR count). The Morgan fingerprint density at radius 3 is 2.67 bits per heavy atom. The van der Waals surface area contributed by atoms with Gasteiger partial charge in [-0.1, -0.05) is 12.1 Å². The number of carbonyl (C=O) groups is 2. The summed E-state index contributed by atoms with van der Waals surface area (Å²) in [5, 5.41) is 0. The summed E-state index contributed by atoms with van der Waals surface area (Å²) in [5.41, 5.74) is 1.70. The lowest BCUT2D eigenvalue weighted by Crippen LogP contribution is -2.49. The minimum absolute atomic E-state index is 0.0545. The molecule has 2 atom stereocenters. The Morgan fingerprint density at radius 1 is 1.21 bits per heavy atom. The van der Waals surface area contributed by atoms with Gasteiger partial charge in [0.15, 0.2) is 6.61 Å². The first-order valence-electron chi connectivity index (χ1n) is 8.43. The van der Waals surface area contributed by atoms with Crippen molar-refractivity contribution >= 4 is 22.9 Å². The van der Waals surface area contributed by atoms with Crippen LogP contribution in [-0.4, -0.2) is 45.0 Å². The van der Waals surface area contributed by atoms with Crippen molar-refractivity contribution in [1.82, 2.24) is 14.5 Å². The summed E-state index contributed by atoms with van der Waals surface area (Å²) in [7, 11) is 0. The predicted octanol–water partition coefficient (Wildman–Crippen LogP) is 2.37. The molecule has 1 fully saturated rings. The molecule has 6 heteroatoms. The van der Waals surface area contributed by atoms with Crippen LogP contribution >= 0.6 is 0 Å². The van der Waals surface area contributed by atoms with E-state index in [1.165, 1.54) is 0 Å². The van der Waals surface area contributed by atoms with E-state index in [9.17, 15) is 9.59 Å². The molecule has 1 aromatic carbocycles. The molecule has 1 saturated heterocycles. The van der Waals surface area contributed by atoms with Crippen molar-refractivity contribution in [2.24, 2.45) is 0 Å². The molecule has 2 aromatic rings. The summed E-state index contributed by atoms with van der Waals surface area (Å²) in [4.78, 5) is 30.5. The molecule has 0 N–H and O–H groups in total. The Morgan fingerprint density at radius 2 is 1.92 bits per heavy atom. The molecule has 0 saturated carbocycles. The maximum atomic E-state index is 12.4. The number of esters is 1. The minimum atomic E-state index is -0.427. The summed E-state index contributed by atoms with van der Waals surface area (Å²) in [6, 6.07) is 8.00. The van der Waals surface area contributed by atoms with E-state index in [2.05, 4.69) is 4.98 Å². The van der Waals surface area contributed by atoms with E-state index in [1.54, 1.807) is 10.9 Å². The van der Waals surface area contributed by atoms with Crippen molar-refractivity contribution in [3.05, 3.63) is 30.6 Å². The van der Waals surface area contributed by atoms with Gasteiger partial charge in [-0.15, -0.1) is 0 Å². The van der Waals surface area contributed by atoms with Crippen LogP contribution in [-0.2, 0) is 20.9 Å². The molecule has 128 valence electrons. The van der Waals surface area contributed by atoms with Crippen LogP contribution < -0.4 is 0 Å². The van der Waals surface area contributed by atoms with Crippen LogP contribution in [0.5, 0.6) is 0 Å². The number of nitrogens with zero attached hydrogens (tertiary/aromatic N) is 3. The summed E-state index contributed by atoms with van der Waals surface area (Å²) in [5.74, 6) is -0.539. The Bertz CT molecular complexity index is 730. The third kappa shape index (κ3) is 3.42. The molecule has 0 radical (unpaired) electrons. The number of hydrogen-bond acceptors (Lipinski definition) is 4. The highest BCUT2D eigenvalue weighted by Crippen LogP contribution is 2.22. The van der Waals surface area contributed by atoms with E-state index in [4.69, 9.17) is 4.74 Å². The summed E-state index contributed by atoms with van der Waals surface area (Å²) in [6.45, 7) is 3.96. The quantitative estimate of drug-likeness (QED) is 0.808. The van der Waals surface area contributed by atoms with Crippen LogP contribution in [0.15, 0.2) is 30.6 Å². The maximum absolute atomic E-state index is 12.4. The first-order chi connectivity index (χ1) is 11.6.